The maximum atomic E-state index is 13.0. The highest BCUT2D eigenvalue weighted by molar-refractivity contribution is 5.93. The molecule has 2 aromatic rings. The second-order valence-electron chi connectivity index (χ2n) is 5.66. The van der Waals surface area contributed by atoms with Gasteiger partial charge in [-0.15, -0.1) is 0 Å². The number of nitrogens with two attached hydrogens (primary N) is 1. The Kier molecular flexibility index (Phi) is 4.14. The smallest absolute Gasteiger partial charge is 0.254 e. The van der Waals surface area contributed by atoms with Gasteiger partial charge in [-0.05, 0) is 31.5 Å². The van der Waals surface area contributed by atoms with Gasteiger partial charge in [-0.3, -0.25) is 9.59 Å². The van der Waals surface area contributed by atoms with Gasteiger partial charge in [0.05, 0.1) is 12.1 Å². The molecule has 0 bridgehead atoms. The molecule has 0 unspecified atom stereocenters. The van der Waals surface area contributed by atoms with E-state index in [9.17, 15) is 19.1 Å². The molecule has 0 radical (unpaired) electrons. The number of primary amides is 1. The van der Waals surface area contributed by atoms with Crippen LogP contribution < -0.4 is 11.2 Å². The van der Waals surface area contributed by atoms with Crippen LogP contribution in [0.3, 0.4) is 0 Å². The molecule has 0 saturated heterocycles. The average Bonchev–Trinajstić information content (AvgIpc) is 2.48. The lowest BCUT2D eigenvalue weighted by Crippen LogP contribution is -2.34. The summed E-state index contributed by atoms with van der Waals surface area (Å²) in [6.45, 7) is 3.30. The first kappa shape index (κ1) is 15.9. The molecule has 22 heavy (non-hydrogen) atoms. The number of aliphatic hydroxyl groups excluding tert-OH is 1. The van der Waals surface area contributed by atoms with E-state index in [0.29, 0.717) is 5.56 Å². The van der Waals surface area contributed by atoms with Crippen LogP contribution in [-0.2, 0) is 5.54 Å². The standard InChI is InChI=1S/C16H17FN2O3/c1-16(2,9-20)19-7-12(10-3-5-11(17)6-4-10)14(21)13(8-19)15(18)22/h3-8,20H,9H2,1-2H3,(H2,18,22). The third kappa shape index (κ3) is 2.92. The van der Waals surface area contributed by atoms with Gasteiger partial charge >= 0.3 is 0 Å². The minimum Gasteiger partial charge on any atom is -0.394 e. The van der Waals surface area contributed by atoms with Crippen LogP contribution in [0.15, 0.2) is 41.5 Å². The summed E-state index contributed by atoms with van der Waals surface area (Å²) in [5.41, 5.74) is 4.52. The number of carbonyl (C=O) groups excluding carboxylic acids is 1. The van der Waals surface area contributed by atoms with E-state index in [-0.39, 0.29) is 17.7 Å². The maximum Gasteiger partial charge on any atom is 0.254 e. The zero-order valence-corrected chi connectivity index (χ0v) is 12.3. The first-order valence-corrected chi connectivity index (χ1v) is 6.69. The van der Waals surface area contributed by atoms with Crippen molar-refractivity contribution < 1.29 is 14.3 Å². The van der Waals surface area contributed by atoms with Gasteiger partial charge in [-0.1, -0.05) is 12.1 Å². The minimum atomic E-state index is -0.851. The van der Waals surface area contributed by atoms with Gasteiger partial charge in [-0.25, -0.2) is 4.39 Å². The Balaban J connectivity index is 2.75. The van der Waals surface area contributed by atoms with Crippen LogP contribution in [-0.4, -0.2) is 22.2 Å². The molecule has 3 N–H and O–H groups in total. The van der Waals surface area contributed by atoms with Crippen LogP contribution in [0.5, 0.6) is 0 Å². The Morgan fingerprint density at radius 3 is 2.36 bits per heavy atom. The third-order valence-electron chi connectivity index (χ3n) is 3.53. The van der Waals surface area contributed by atoms with Gasteiger partial charge < -0.3 is 15.4 Å². The zero-order valence-electron chi connectivity index (χ0n) is 12.3. The Bertz CT molecular complexity index is 764. The lowest BCUT2D eigenvalue weighted by Gasteiger charge is -2.27. The summed E-state index contributed by atoms with van der Waals surface area (Å²) >= 11 is 0. The second-order valence-corrected chi connectivity index (χ2v) is 5.66. The first-order valence-electron chi connectivity index (χ1n) is 6.69. The fourth-order valence-corrected chi connectivity index (χ4v) is 2.02. The number of amides is 1. The lowest BCUT2D eigenvalue weighted by atomic mass is 10.0. The van der Waals surface area contributed by atoms with Crippen molar-refractivity contribution in [1.82, 2.24) is 4.57 Å². The van der Waals surface area contributed by atoms with E-state index >= 15 is 0 Å². The molecular weight excluding hydrogens is 287 g/mol. The summed E-state index contributed by atoms with van der Waals surface area (Å²) < 4.78 is 14.6. The van der Waals surface area contributed by atoms with Crippen LogP contribution in [0.2, 0.25) is 0 Å². The minimum absolute atomic E-state index is 0.177. The quantitative estimate of drug-likeness (QED) is 0.897. The molecule has 0 spiro atoms. The molecule has 2 rings (SSSR count). The normalized spacial score (nSPS) is 11.5. The highest BCUT2D eigenvalue weighted by Crippen LogP contribution is 2.21. The summed E-state index contributed by atoms with van der Waals surface area (Å²) in [5.74, 6) is -1.28. The lowest BCUT2D eigenvalue weighted by molar-refractivity contribution is 0.0996. The van der Waals surface area contributed by atoms with Crippen molar-refractivity contribution >= 4 is 5.91 Å². The third-order valence-corrected chi connectivity index (χ3v) is 3.53. The fourth-order valence-electron chi connectivity index (χ4n) is 2.02. The van der Waals surface area contributed by atoms with Crippen molar-refractivity contribution in [3.63, 3.8) is 0 Å². The van der Waals surface area contributed by atoms with Crippen molar-refractivity contribution in [2.75, 3.05) is 6.61 Å². The number of pyridine rings is 1. The molecule has 1 aromatic heterocycles. The summed E-state index contributed by atoms with van der Waals surface area (Å²) in [6.07, 6.45) is 2.85. The molecule has 0 aliphatic rings. The Hall–Kier alpha value is -2.47. The largest absolute Gasteiger partial charge is 0.394 e. The van der Waals surface area contributed by atoms with Crippen LogP contribution in [0.1, 0.15) is 24.2 Å². The number of rotatable bonds is 4. The molecule has 116 valence electrons. The van der Waals surface area contributed by atoms with Gasteiger partial charge in [0.2, 0.25) is 5.43 Å². The molecular formula is C16H17FN2O3. The molecule has 1 aromatic carbocycles. The molecule has 0 saturated carbocycles. The summed E-state index contributed by atoms with van der Waals surface area (Å²) in [4.78, 5) is 23.9. The predicted molar refractivity (Wildman–Crippen MR) is 81.0 cm³/mol. The molecule has 6 heteroatoms. The number of nitrogens with zero attached hydrogens (tertiary/aromatic N) is 1. The molecule has 0 fully saturated rings. The number of halogens is 1. The van der Waals surface area contributed by atoms with Gasteiger partial charge in [0.15, 0.2) is 0 Å². The van der Waals surface area contributed by atoms with Gasteiger partial charge in [0.25, 0.3) is 5.91 Å². The number of hydrogen-bond donors (Lipinski definition) is 2. The number of aromatic nitrogens is 1. The van der Waals surface area contributed by atoms with Crippen molar-refractivity contribution in [2.45, 2.75) is 19.4 Å². The van der Waals surface area contributed by atoms with Crippen molar-refractivity contribution in [3.05, 3.63) is 58.3 Å². The van der Waals surface area contributed by atoms with Crippen LogP contribution >= 0.6 is 0 Å². The van der Waals surface area contributed by atoms with E-state index in [1.54, 1.807) is 18.4 Å². The molecule has 0 aliphatic heterocycles. The molecule has 1 heterocycles. The van der Waals surface area contributed by atoms with E-state index in [0.717, 1.165) is 0 Å². The topological polar surface area (TPSA) is 85.3 Å². The van der Waals surface area contributed by atoms with Crippen LogP contribution in [0.4, 0.5) is 4.39 Å². The summed E-state index contributed by atoms with van der Waals surface area (Å²) in [5, 5.41) is 9.48. The second kappa shape index (κ2) is 5.73. The highest BCUT2D eigenvalue weighted by atomic mass is 19.1. The number of hydrogen-bond acceptors (Lipinski definition) is 3. The van der Waals surface area contributed by atoms with Crippen molar-refractivity contribution in [1.29, 1.82) is 0 Å². The molecule has 5 nitrogen and oxygen atoms in total. The highest BCUT2D eigenvalue weighted by Gasteiger charge is 2.22. The molecule has 0 aliphatic carbocycles. The van der Waals surface area contributed by atoms with E-state index in [4.69, 9.17) is 5.73 Å². The first-order chi connectivity index (χ1) is 10.3. The average molecular weight is 304 g/mol. The van der Waals surface area contributed by atoms with E-state index in [2.05, 4.69) is 0 Å². The van der Waals surface area contributed by atoms with Crippen LogP contribution in [0.25, 0.3) is 11.1 Å². The predicted octanol–water partition coefficient (Wildman–Crippen LogP) is 1.48. The number of carbonyl (C=O) groups is 1. The summed E-state index contributed by atoms with van der Waals surface area (Å²) in [6, 6.07) is 5.36. The number of benzene rings is 1. The van der Waals surface area contributed by atoms with Crippen LogP contribution in [0, 0.1) is 5.82 Å². The Morgan fingerprint density at radius 1 is 1.27 bits per heavy atom. The van der Waals surface area contributed by atoms with Gasteiger partial charge in [0.1, 0.15) is 11.4 Å². The van der Waals surface area contributed by atoms with E-state index < -0.39 is 22.7 Å². The number of aliphatic hydroxyl groups is 1. The SMILES string of the molecule is CC(C)(CO)n1cc(C(N)=O)c(=O)c(-c2ccc(F)cc2)c1. The monoisotopic (exact) mass is 304 g/mol. The maximum absolute atomic E-state index is 13.0. The molecule has 1 amide bonds. The van der Waals surface area contributed by atoms with Gasteiger partial charge in [-0.2, -0.15) is 0 Å². The van der Waals surface area contributed by atoms with E-state index in [1.165, 1.54) is 36.7 Å². The fraction of sp³-hybridized carbons (Fsp3) is 0.250. The zero-order chi connectivity index (χ0) is 16.5. The summed E-state index contributed by atoms with van der Waals surface area (Å²) in [7, 11) is 0. The van der Waals surface area contributed by atoms with Gasteiger partial charge in [0, 0.05) is 18.0 Å². The molecule has 0 atom stereocenters. The van der Waals surface area contributed by atoms with Crippen molar-refractivity contribution in [2.24, 2.45) is 5.73 Å². The van der Waals surface area contributed by atoms with Crippen molar-refractivity contribution in [3.8, 4) is 11.1 Å². The Morgan fingerprint density at radius 2 is 1.86 bits per heavy atom. The Labute approximate surface area is 126 Å². The van der Waals surface area contributed by atoms with E-state index in [1.807, 2.05) is 0 Å².